The van der Waals surface area contributed by atoms with Gasteiger partial charge in [-0.3, -0.25) is 4.90 Å². The van der Waals surface area contributed by atoms with Crippen LogP contribution in [0.4, 0.5) is 5.69 Å². The van der Waals surface area contributed by atoms with Gasteiger partial charge in [0.2, 0.25) is 0 Å². The molecule has 1 aromatic carbocycles. The summed E-state index contributed by atoms with van der Waals surface area (Å²) in [5.74, 6) is 0.708. The largest absolute Gasteiger partial charge is 0.365 e. The Kier molecular flexibility index (Phi) is 4.03. The van der Waals surface area contributed by atoms with Crippen LogP contribution in [0.5, 0.6) is 0 Å². The van der Waals surface area contributed by atoms with E-state index in [9.17, 15) is 0 Å². The highest BCUT2D eigenvalue weighted by Gasteiger charge is 2.37. The molecule has 2 saturated heterocycles. The molecule has 0 radical (unpaired) electrons. The summed E-state index contributed by atoms with van der Waals surface area (Å²) in [5.41, 5.74) is 1.41. The first kappa shape index (κ1) is 13.7. The fourth-order valence-electron chi connectivity index (χ4n) is 3.57. The Morgan fingerprint density at radius 1 is 1.26 bits per heavy atom. The molecular formula is C16H23IN2. The highest BCUT2D eigenvalue weighted by Crippen LogP contribution is 2.31. The third-order valence-electron chi connectivity index (χ3n) is 4.64. The molecule has 2 nitrogen and oxygen atoms in total. The van der Waals surface area contributed by atoms with Gasteiger partial charge in [-0.2, -0.15) is 0 Å². The van der Waals surface area contributed by atoms with E-state index in [4.69, 9.17) is 0 Å². The summed E-state index contributed by atoms with van der Waals surface area (Å²) >= 11 is 2.42. The smallest absolute Gasteiger partial charge is 0.0440 e. The van der Waals surface area contributed by atoms with Crippen LogP contribution >= 0.6 is 22.6 Å². The summed E-state index contributed by atoms with van der Waals surface area (Å²) < 4.78 is 1.34. The summed E-state index contributed by atoms with van der Waals surface area (Å²) in [7, 11) is 0. The Bertz CT molecular complexity index is 446. The van der Waals surface area contributed by atoms with Gasteiger partial charge in [-0.25, -0.2) is 0 Å². The van der Waals surface area contributed by atoms with E-state index in [1.54, 1.807) is 0 Å². The lowest BCUT2D eigenvalue weighted by atomic mass is 9.96. The van der Waals surface area contributed by atoms with E-state index in [0.29, 0.717) is 12.0 Å². The summed E-state index contributed by atoms with van der Waals surface area (Å²) in [4.78, 5) is 5.38. The number of nitrogens with zero attached hydrogens (tertiary/aromatic N) is 2. The third-order valence-corrected chi connectivity index (χ3v) is 5.31. The zero-order chi connectivity index (χ0) is 13.4. The average Bonchev–Trinajstić information content (AvgIpc) is 2.84. The minimum atomic E-state index is 0.660. The SMILES string of the molecule is CC(C)C1CN2CCCC2CN1c1cccc(I)c1. The molecule has 2 aliphatic heterocycles. The summed E-state index contributed by atoms with van der Waals surface area (Å²) in [5, 5.41) is 0. The van der Waals surface area contributed by atoms with Crippen LogP contribution in [0.3, 0.4) is 0 Å². The zero-order valence-corrected chi connectivity index (χ0v) is 14.0. The van der Waals surface area contributed by atoms with E-state index in [2.05, 4.69) is 70.5 Å². The topological polar surface area (TPSA) is 6.48 Å². The number of rotatable bonds is 2. The molecule has 0 aliphatic carbocycles. The summed E-state index contributed by atoms with van der Waals surface area (Å²) in [6.07, 6.45) is 2.76. The molecule has 2 fully saturated rings. The normalized spacial score (nSPS) is 27.9. The Morgan fingerprint density at radius 3 is 2.84 bits per heavy atom. The molecule has 0 saturated carbocycles. The van der Waals surface area contributed by atoms with Gasteiger partial charge in [0.05, 0.1) is 0 Å². The van der Waals surface area contributed by atoms with Crippen molar-refractivity contribution in [2.75, 3.05) is 24.5 Å². The van der Waals surface area contributed by atoms with Crippen molar-refractivity contribution < 1.29 is 0 Å². The third kappa shape index (κ3) is 2.77. The maximum absolute atomic E-state index is 2.72. The molecule has 0 spiro atoms. The first-order valence-electron chi connectivity index (χ1n) is 7.41. The van der Waals surface area contributed by atoms with Gasteiger partial charge in [-0.15, -0.1) is 0 Å². The number of hydrogen-bond donors (Lipinski definition) is 0. The van der Waals surface area contributed by atoms with Crippen LogP contribution in [-0.4, -0.2) is 36.6 Å². The monoisotopic (exact) mass is 370 g/mol. The van der Waals surface area contributed by atoms with Crippen LogP contribution in [0.2, 0.25) is 0 Å². The molecule has 0 aromatic heterocycles. The van der Waals surface area contributed by atoms with Crippen molar-refractivity contribution in [1.82, 2.24) is 4.90 Å². The van der Waals surface area contributed by atoms with E-state index in [1.165, 1.54) is 41.7 Å². The zero-order valence-electron chi connectivity index (χ0n) is 11.8. The van der Waals surface area contributed by atoms with E-state index >= 15 is 0 Å². The predicted molar refractivity (Wildman–Crippen MR) is 89.7 cm³/mol. The molecule has 3 rings (SSSR count). The van der Waals surface area contributed by atoms with Crippen molar-refractivity contribution in [1.29, 1.82) is 0 Å². The Hall–Kier alpha value is -0.290. The van der Waals surface area contributed by atoms with Gasteiger partial charge in [0.25, 0.3) is 0 Å². The van der Waals surface area contributed by atoms with Crippen LogP contribution in [0.1, 0.15) is 26.7 Å². The predicted octanol–water partition coefficient (Wildman–Crippen LogP) is 3.60. The summed E-state index contributed by atoms with van der Waals surface area (Å²) in [6, 6.07) is 10.4. The van der Waals surface area contributed by atoms with Gasteiger partial charge in [-0.05, 0) is 66.1 Å². The lowest BCUT2D eigenvalue weighted by molar-refractivity contribution is 0.176. The Balaban J connectivity index is 1.88. The van der Waals surface area contributed by atoms with Crippen LogP contribution in [0, 0.1) is 9.49 Å². The van der Waals surface area contributed by atoms with Crippen molar-refractivity contribution in [2.24, 2.45) is 5.92 Å². The molecule has 2 unspecified atom stereocenters. The maximum atomic E-state index is 2.72. The molecule has 2 aliphatic rings. The molecule has 104 valence electrons. The number of benzene rings is 1. The number of hydrogen-bond acceptors (Lipinski definition) is 2. The number of fused-ring (bicyclic) bond motifs is 1. The fourth-order valence-corrected chi connectivity index (χ4v) is 4.09. The van der Waals surface area contributed by atoms with Gasteiger partial charge in [-0.1, -0.05) is 19.9 Å². The van der Waals surface area contributed by atoms with Crippen molar-refractivity contribution in [2.45, 2.75) is 38.8 Å². The molecule has 2 heterocycles. The highest BCUT2D eigenvalue weighted by atomic mass is 127. The van der Waals surface area contributed by atoms with Crippen LogP contribution < -0.4 is 4.90 Å². The van der Waals surface area contributed by atoms with Crippen LogP contribution in [-0.2, 0) is 0 Å². The average molecular weight is 370 g/mol. The second-order valence-electron chi connectivity index (χ2n) is 6.23. The number of piperazine rings is 1. The van der Waals surface area contributed by atoms with Gasteiger partial charge >= 0.3 is 0 Å². The second-order valence-corrected chi connectivity index (χ2v) is 7.48. The molecule has 2 atom stereocenters. The minimum Gasteiger partial charge on any atom is -0.365 e. The molecule has 19 heavy (non-hydrogen) atoms. The van der Waals surface area contributed by atoms with Gasteiger partial charge in [0, 0.05) is 34.4 Å². The molecule has 1 aromatic rings. The van der Waals surface area contributed by atoms with Crippen LogP contribution in [0.15, 0.2) is 24.3 Å². The first-order valence-corrected chi connectivity index (χ1v) is 8.49. The first-order chi connectivity index (χ1) is 9.15. The van der Waals surface area contributed by atoms with Crippen molar-refractivity contribution in [3.8, 4) is 0 Å². The van der Waals surface area contributed by atoms with Gasteiger partial charge in [0.1, 0.15) is 0 Å². The lowest BCUT2D eigenvalue weighted by Crippen LogP contribution is -2.58. The maximum Gasteiger partial charge on any atom is 0.0440 e. The van der Waals surface area contributed by atoms with E-state index in [1.807, 2.05) is 0 Å². The lowest BCUT2D eigenvalue weighted by Gasteiger charge is -2.47. The Morgan fingerprint density at radius 2 is 2.11 bits per heavy atom. The molecule has 0 bridgehead atoms. The van der Waals surface area contributed by atoms with Gasteiger partial charge < -0.3 is 4.90 Å². The van der Waals surface area contributed by atoms with Crippen molar-refractivity contribution in [3.63, 3.8) is 0 Å². The fraction of sp³-hybridized carbons (Fsp3) is 0.625. The molecule has 0 N–H and O–H groups in total. The molecule has 3 heteroatoms. The minimum absolute atomic E-state index is 0.660. The molecule has 0 amide bonds. The number of anilines is 1. The highest BCUT2D eigenvalue weighted by molar-refractivity contribution is 14.1. The van der Waals surface area contributed by atoms with Crippen LogP contribution in [0.25, 0.3) is 0 Å². The van der Waals surface area contributed by atoms with Crippen molar-refractivity contribution >= 4 is 28.3 Å². The number of halogens is 1. The standard InChI is InChI=1S/C16H23IN2/c1-12(2)16-11-18-8-4-7-15(18)10-19(16)14-6-3-5-13(17)9-14/h3,5-6,9,12,15-16H,4,7-8,10-11H2,1-2H3. The Labute approximate surface area is 130 Å². The van der Waals surface area contributed by atoms with E-state index < -0.39 is 0 Å². The molecular weight excluding hydrogens is 347 g/mol. The van der Waals surface area contributed by atoms with E-state index in [-0.39, 0.29) is 0 Å². The van der Waals surface area contributed by atoms with Gasteiger partial charge in [0.15, 0.2) is 0 Å². The summed E-state index contributed by atoms with van der Waals surface area (Å²) in [6.45, 7) is 8.49. The van der Waals surface area contributed by atoms with Crippen molar-refractivity contribution in [3.05, 3.63) is 27.8 Å². The quantitative estimate of drug-likeness (QED) is 0.734. The second kappa shape index (κ2) is 5.60. The van der Waals surface area contributed by atoms with E-state index in [0.717, 1.165) is 6.04 Å².